The molecule has 2 N–H and O–H groups in total. The van der Waals surface area contributed by atoms with E-state index in [0.29, 0.717) is 18.4 Å². The third kappa shape index (κ3) is 3.84. The zero-order valence-electron chi connectivity index (χ0n) is 13.7. The molecule has 1 fully saturated rings. The number of fused-ring (bicyclic) bond motifs is 1. The highest BCUT2D eigenvalue weighted by Gasteiger charge is 2.37. The van der Waals surface area contributed by atoms with Gasteiger partial charge in [-0.3, -0.25) is 0 Å². The molecule has 1 aliphatic rings. The number of hydrogen-bond donors (Lipinski definition) is 2. The van der Waals surface area contributed by atoms with E-state index in [4.69, 9.17) is 9.84 Å². The van der Waals surface area contributed by atoms with E-state index >= 15 is 0 Å². The Morgan fingerprint density at radius 1 is 1.20 bits per heavy atom. The number of hydrogen-bond acceptors (Lipinski definition) is 5. The van der Waals surface area contributed by atoms with Crippen LogP contribution < -0.4 is 5.32 Å². The Labute approximate surface area is 146 Å². The monoisotopic (exact) mass is 363 g/mol. The largest absolute Gasteiger partial charge is 0.480 e. The predicted molar refractivity (Wildman–Crippen MR) is 94.2 cm³/mol. The molecule has 7 heteroatoms. The van der Waals surface area contributed by atoms with Crippen molar-refractivity contribution in [3.63, 3.8) is 0 Å². The number of aliphatic carboxylic acids is 1. The van der Waals surface area contributed by atoms with Crippen molar-refractivity contribution in [2.24, 2.45) is 0 Å². The number of carboxylic acid groups (broad SMARTS) is 1. The summed E-state index contributed by atoms with van der Waals surface area (Å²) in [6.45, 7) is 0.0511. The highest BCUT2D eigenvalue weighted by molar-refractivity contribution is 7.92. The number of piperidine rings is 1. The van der Waals surface area contributed by atoms with Crippen LogP contribution in [0.5, 0.6) is 0 Å². The van der Waals surface area contributed by atoms with Gasteiger partial charge in [-0.1, -0.05) is 42.8 Å². The van der Waals surface area contributed by atoms with Crippen LogP contribution >= 0.6 is 0 Å². The first-order valence-corrected chi connectivity index (χ1v) is 9.83. The van der Waals surface area contributed by atoms with Gasteiger partial charge in [0.15, 0.2) is 5.44 Å². The first-order chi connectivity index (χ1) is 12.0. The Kier molecular flexibility index (Phi) is 5.36. The van der Waals surface area contributed by atoms with Crippen molar-refractivity contribution in [3.05, 3.63) is 42.5 Å². The average molecular weight is 363 g/mol. The molecule has 0 aliphatic carbocycles. The summed E-state index contributed by atoms with van der Waals surface area (Å²) in [5, 5.41) is 13.5. The minimum atomic E-state index is -3.87. The number of ether oxygens (including phenoxy) is 1. The molecule has 1 saturated heterocycles. The lowest BCUT2D eigenvalue weighted by atomic mass is 10.1. The lowest BCUT2D eigenvalue weighted by molar-refractivity contribution is -0.143. The number of carboxylic acids is 1. The summed E-state index contributed by atoms with van der Waals surface area (Å²) >= 11 is 0. The zero-order chi connectivity index (χ0) is 17.9. The van der Waals surface area contributed by atoms with E-state index < -0.39 is 33.9 Å². The maximum Gasteiger partial charge on any atom is 0.329 e. The summed E-state index contributed by atoms with van der Waals surface area (Å²) in [4.78, 5) is 11.1. The zero-order valence-corrected chi connectivity index (χ0v) is 14.5. The van der Waals surface area contributed by atoms with Crippen LogP contribution in [0, 0.1) is 0 Å². The predicted octanol–water partition coefficient (Wildman–Crippen LogP) is 2.18. The first kappa shape index (κ1) is 17.8. The van der Waals surface area contributed by atoms with Gasteiger partial charge in [0.05, 0.1) is 4.90 Å². The van der Waals surface area contributed by atoms with Gasteiger partial charge >= 0.3 is 5.97 Å². The maximum atomic E-state index is 13.3. The summed E-state index contributed by atoms with van der Waals surface area (Å²) in [5.74, 6) is -1.19. The van der Waals surface area contributed by atoms with Crippen LogP contribution in [-0.2, 0) is 19.4 Å². The molecule has 134 valence electrons. The molecule has 2 unspecified atom stereocenters. The lowest BCUT2D eigenvalue weighted by Gasteiger charge is -2.31. The van der Waals surface area contributed by atoms with Crippen LogP contribution in [0.1, 0.15) is 19.3 Å². The summed E-state index contributed by atoms with van der Waals surface area (Å²) in [6.07, 6.45) is 2.49. The molecule has 0 spiro atoms. The lowest BCUT2D eigenvalue weighted by Crippen LogP contribution is -2.48. The molecule has 0 saturated carbocycles. The molecular formula is C18H21NO5S. The SMILES string of the molecule is O=C(O)COC(C1CCCCN1)S(=O)(=O)c1cccc2ccccc12. The molecule has 6 nitrogen and oxygen atoms in total. The van der Waals surface area contributed by atoms with E-state index in [-0.39, 0.29) is 4.90 Å². The molecule has 3 rings (SSSR count). The van der Waals surface area contributed by atoms with Crippen LogP contribution in [0.4, 0.5) is 0 Å². The third-order valence-electron chi connectivity index (χ3n) is 4.41. The third-order valence-corrected chi connectivity index (χ3v) is 6.46. The molecule has 0 amide bonds. The van der Waals surface area contributed by atoms with Crippen molar-refractivity contribution in [2.75, 3.05) is 13.2 Å². The Balaban J connectivity index is 2.03. The number of benzene rings is 2. The molecule has 1 aliphatic heterocycles. The second kappa shape index (κ2) is 7.51. The van der Waals surface area contributed by atoms with E-state index in [0.717, 1.165) is 18.2 Å². The molecule has 2 atom stereocenters. The van der Waals surface area contributed by atoms with E-state index in [2.05, 4.69) is 5.32 Å². The Bertz CT molecular complexity index is 853. The van der Waals surface area contributed by atoms with E-state index in [9.17, 15) is 13.2 Å². The second-order valence-electron chi connectivity index (χ2n) is 6.15. The first-order valence-electron chi connectivity index (χ1n) is 8.28. The normalized spacial score (nSPS) is 19.6. The molecule has 0 aromatic heterocycles. The van der Waals surface area contributed by atoms with Crippen LogP contribution in [-0.4, -0.2) is 44.1 Å². The molecule has 0 bridgehead atoms. The van der Waals surface area contributed by atoms with Gasteiger partial charge in [-0.05, 0) is 30.8 Å². The minimum Gasteiger partial charge on any atom is -0.480 e. The summed E-state index contributed by atoms with van der Waals surface area (Å²) in [6, 6.07) is 11.9. The van der Waals surface area contributed by atoms with Gasteiger partial charge in [0.25, 0.3) is 0 Å². The Hall–Kier alpha value is -1.96. The van der Waals surface area contributed by atoms with Gasteiger partial charge in [-0.25, -0.2) is 13.2 Å². The van der Waals surface area contributed by atoms with E-state index in [1.54, 1.807) is 24.3 Å². The van der Waals surface area contributed by atoms with Crippen molar-refractivity contribution in [1.82, 2.24) is 5.32 Å². The van der Waals surface area contributed by atoms with Crippen molar-refractivity contribution < 1.29 is 23.1 Å². The number of carbonyl (C=O) groups is 1. The van der Waals surface area contributed by atoms with E-state index in [1.807, 2.05) is 18.2 Å². The number of nitrogens with one attached hydrogen (secondary N) is 1. The van der Waals surface area contributed by atoms with Crippen molar-refractivity contribution in [1.29, 1.82) is 0 Å². The standard InChI is InChI=1S/C18H21NO5S/c20-17(21)12-24-18(15-9-3-4-11-19-15)25(22,23)16-10-5-7-13-6-1-2-8-14(13)16/h1-2,5-8,10,15,18-19H,3-4,9,11-12H2,(H,20,21). The van der Waals surface area contributed by atoms with Crippen LogP contribution in [0.25, 0.3) is 10.8 Å². The van der Waals surface area contributed by atoms with Crippen molar-refractivity contribution in [3.8, 4) is 0 Å². The maximum absolute atomic E-state index is 13.3. The molecule has 0 radical (unpaired) electrons. The van der Waals surface area contributed by atoms with Crippen LogP contribution in [0.3, 0.4) is 0 Å². The van der Waals surface area contributed by atoms with Crippen LogP contribution in [0.2, 0.25) is 0 Å². The quantitative estimate of drug-likeness (QED) is 0.817. The average Bonchev–Trinajstić information content (AvgIpc) is 2.62. The van der Waals surface area contributed by atoms with Gasteiger partial charge in [-0.15, -0.1) is 0 Å². The molecule has 2 aromatic carbocycles. The fraction of sp³-hybridized carbons (Fsp3) is 0.389. The van der Waals surface area contributed by atoms with Gasteiger partial charge in [0.2, 0.25) is 9.84 Å². The summed E-state index contributed by atoms with van der Waals surface area (Å²) in [7, 11) is -3.87. The number of rotatable bonds is 6. The fourth-order valence-corrected chi connectivity index (χ4v) is 5.18. The second-order valence-corrected chi connectivity index (χ2v) is 8.15. The van der Waals surface area contributed by atoms with Gasteiger partial charge in [-0.2, -0.15) is 0 Å². The van der Waals surface area contributed by atoms with E-state index in [1.165, 1.54) is 0 Å². The Morgan fingerprint density at radius 3 is 2.68 bits per heavy atom. The molecule has 1 heterocycles. The highest BCUT2D eigenvalue weighted by atomic mass is 32.2. The van der Waals surface area contributed by atoms with Gasteiger partial charge < -0.3 is 15.2 Å². The summed E-state index contributed by atoms with van der Waals surface area (Å²) < 4.78 is 32.0. The highest BCUT2D eigenvalue weighted by Crippen LogP contribution is 2.29. The van der Waals surface area contributed by atoms with Gasteiger partial charge in [0.1, 0.15) is 6.61 Å². The smallest absolute Gasteiger partial charge is 0.329 e. The minimum absolute atomic E-state index is 0.174. The Morgan fingerprint density at radius 2 is 1.96 bits per heavy atom. The number of sulfone groups is 1. The van der Waals surface area contributed by atoms with Crippen molar-refractivity contribution in [2.45, 2.75) is 35.6 Å². The molecule has 2 aromatic rings. The molecule has 25 heavy (non-hydrogen) atoms. The molecular weight excluding hydrogens is 342 g/mol. The topological polar surface area (TPSA) is 92.7 Å². The van der Waals surface area contributed by atoms with Gasteiger partial charge in [0, 0.05) is 11.4 Å². The summed E-state index contributed by atoms with van der Waals surface area (Å²) in [5.41, 5.74) is -1.23. The fourth-order valence-electron chi connectivity index (χ4n) is 3.26. The van der Waals surface area contributed by atoms with Crippen molar-refractivity contribution >= 4 is 26.6 Å². The van der Waals surface area contributed by atoms with Crippen LogP contribution in [0.15, 0.2) is 47.4 Å².